The first kappa shape index (κ1) is 14.1. The molecule has 1 aliphatic rings. The summed E-state index contributed by atoms with van der Waals surface area (Å²) in [4.78, 5) is 2.00. The number of ether oxygens (including phenoxy) is 2. The van der Waals surface area contributed by atoms with Crippen LogP contribution >= 0.6 is 0 Å². The van der Waals surface area contributed by atoms with E-state index in [1.54, 1.807) is 0 Å². The third-order valence-corrected chi connectivity index (χ3v) is 3.25. The molecule has 0 spiro atoms. The molecule has 2 N–H and O–H groups in total. The fourth-order valence-electron chi connectivity index (χ4n) is 2.14. The summed E-state index contributed by atoms with van der Waals surface area (Å²) in [6.45, 7) is 5.07. The highest BCUT2D eigenvalue weighted by molar-refractivity contribution is 5.44. The van der Waals surface area contributed by atoms with Crippen molar-refractivity contribution in [2.45, 2.75) is 13.0 Å². The molecular weight excluding hydrogens is 246 g/mol. The van der Waals surface area contributed by atoms with Crippen LogP contribution in [0.15, 0.2) is 18.2 Å². The summed E-state index contributed by atoms with van der Waals surface area (Å²) in [7, 11) is 0. The molecule has 0 fully saturated rings. The summed E-state index contributed by atoms with van der Waals surface area (Å²) < 4.78 is 11.0. The summed E-state index contributed by atoms with van der Waals surface area (Å²) in [6, 6.07) is 5.51. The van der Waals surface area contributed by atoms with Gasteiger partial charge in [0.2, 0.25) is 0 Å². The van der Waals surface area contributed by atoms with E-state index >= 15 is 0 Å². The molecule has 1 atom stereocenters. The number of hydrogen-bond acceptors (Lipinski definition) is 5. The lowest BCUT2D eigenvalue weighted by atomic mass is 10.1. The molecule has 0 aliphatic carbocycles. The van der Waals surface area contributed by atoms with E-state index in [1.165, 1.54) is 0 Å². The molecule has 0 saturated carbocycles. The van der Waals surface area contributed by atoms with Crippen LogP contribution in [0.3, 0.4) is 0 Å². The standard InChI is InChI=1S/C14H21NO4/c1-2-15(5-6-16)10-12(17)11-3-4-13-14(9-11)19-8-7-18-13/h3-4,9,12,16-17H,2,5-8,10H2,1H3. The molecule has 1 unspecified atom stereocenters. The van der Waals surface area contributed by atoms with Gasteiger partial charge in [0, 0.05) is 13.1 Å². The number of aliphatic hydroxyl groups excluding tert-OH is 2. The molecular formula is C14H21NO4. The quantitative estimate of drug-likeness (QED) is 0.798. The average Bonchev–Trinajstić information content (AvgIpc) is 2.46. The first-order valence-electron chi connectivity index (χ1n) is 6.65. The minimum Gasteiger partial charge on any atom is -0.486 e. The highest BCUT2D eigenvalue weighted by Gasteiger charge is 2.17. The zero-order chi connectivity index (χ0) is 13.7. The largest absolute Gasteiger partial charge is 0.486 e. The summed E-state index contributed by atoms with van der Waals surface area (Å²) in [5.74, 6) is 1.41. The Bertz CT molecular complexity index is 410. The monoisotopic (exact) mass is 267 g/mol. The van der Waals surface area contributed by atoms with Crippen LogP contribution in [-0.4, -0.2) is 54.6 Å². The van der Waals surface area contributed by atoms with Gasteiger partial charge < -0.3 is 19.7 Å². The summed E-state index contributed by atoms with van der Waals surface area (Å²) in [5.41, 5.74) is 0.806. The fraction of sp³-hybridized carbons (Fsp3) is 0.571. The van der Waals surface area contributed by atoms with Crippen LogP contribution in [0.5, 0.6) is 11.5 Å². The first-order valence-corrected chi connectivity index (χ1v) is 6.65. The third-order valence-electron chi connectivity index (χ3n) is 3.25. The van der Waals surface area contributed by atoms with Crippen molar-refractivity contribution in [2.24, 2.45) is 0 Å². The molecule has 5 heteroatoms. The van der Waals surface area contributed by atoms with E-state index in [0.29, 0.717) is 32.1 Å². The SMILES string of the molecule is CCN(CCO)CC(O)c1ccc2c(c1)OCCO2. The van der Waals surface area contributed by atoms with E-state index in [9.17, 15) is 5.11 Å². The molecule has 1 heterocycles. The number of nitrogens with zero attached hydrogens (tertiary/aromatic N) is 1. The first-order chi connectivity index (χ1) is 9.24. The fourth-order valence-corrected chi connectivity index (χ4v) is 2.14. The molecule has 19 heavy (non-hydrogen) atoms. The van der Waals surface area contributed by atoms with Gasteiger partial charge in [0.1, 0.15) is 13.2 Å². The zero-order valence-corrected chi connectivity index (χ0v) is 11.2. The van der Waals surface area contributed by atoms with Crippen molar-refractivity contribution in [3.63, 3.8) is 0 Å². The minimum atomic E-state index is -0.595. The van der Waals surface area contributed by atoms with E-state index in [4.69, 9.17) is 14.6 Å². The van der Waals surface area contributed by atoms with Gasteiger partial charge in [-0.05, 0) is 24.2 Å². The van der Waals surface area contributed by atoms with Crippen LogP contribution in [0.4, 0.5) is 0 Å². The van der Waals surface area contributed by atoms with Gasteiger partial charge in [0.15, 0.2) is 11.5 Å². The molecule has 5 nitrogen and oxygen atoms in total. The lowest BCUT2D eigenvalue weighted by Crippen LogP contribution is -2.31. The van der Waals surface area contributed by atoms with E-state index < -0.39 is 6.10 Å². The van der Waals surface area contributed by atoms with Crippen LogP contribution in [0.1, 0.15) is 18.6 Å². The second kappa shape index (κ2) is 6.75. The molecule has 1 aromatic rings. The Kier molecular flexibility index (Phi) is 5.01. The molecule has 0 amide bonds. The molecule has 0 bridgehead atoms. The average molecular weight is 267 g/mol. The molecule has 0 saturated heterocycles. The second-order valence-electron chi connectivity index (χ2n) is 4.54. The van der Waals surface area contributed by atoms with Gasteiger partial charge in [-0.25, -0.2) is 0 Å². The van der Waals surface area contributed by atoms with Crippen LogP contribution in [0.25, 0.3) is 0 Å². The molecule has 1 aliphatic heterocycles. The number of hydrogen-bond donors (Lipinski definition) is 2. The van der Waals surface area contributed by atoms with Gasteiger partial charge in [0.25, 0.3) is 0 Å². The van der Waals surface area contributed by atoms with Crippen molar-refractivity contribution >= 4 is 0 Å². The van der Waals surface area contributed by atoms with E-state index in [0.717, 1.165) is 17.9 Å². The lowest BCUT2D eigenvalue weighted by Gasteiger charge is -2.24. The molecule has 1 aromatic carbocycles. The van der Waals surface area contributed by atoms with Crippen molar-refractivity contribution in [3.8, 4) is 11.5 Å². The van der Waals surface area contributed by atoms with Crippen molar-refractivity contribution in [3.05, 3.63) is 23.8 Å². The topological polar surface area (TPSA) is 62.2 Å². The maximum Gasteiger partial charge on any atom is 0.161 e. The summed E-state index contributed by atoms with van der Waals surface area (Å²) in [5, 5.41) is 19.2. The van der Waals surface area contributed by atoms with Gasteiger partial charge in [0.05, 0.1) is 12.7 Å². The third kappa shape index (κ3) is 3.59. The number of fused-ring (bicyclic) bond motifs is 1. The van der Waals surface area contributed by atoms with Crippen LogP contribution in [-0.2, 0) is 0 Å². The molecule has 2 rings (SSSR count). The van der Waals surface area contributed by atoms with Gasteiger partial charge in [-0.15, -0.1) is 0 Å². The Morgan fingerprint density at radius 2 is 2.00 bits per heavy atom. The van der Waals surface area contributed by atoms with E-state index in [-0.39, 0.29) is 6.61 Å². The number of benzene rings is 1. The van der Waals surface area contributed by atoms with Crippen LogP contribution in [0, 0.1) is 0 Å². The Morgan fingerprint density at radius 1 is 1.26 bits per heavy atom. The maximum absolute atomic E-state index is 10.2. The van der Waals surface area contributed by atoms with Crippen LogP contribution < -0.4 is 9.47 Å². The summed E-state index contributed by atoms with van der Waals surface area (Å²) >= 11 is 0. The van der Waals surface area contributed by atoms with Crippen molar-refractivity contribution in [1.29, 1.82) is 0 Å². The summed E-state index contributed by atoms with van der Waals surface area (Å²) in [6.07, 6.45) is -0.595. The molecule has 106 valence electrons. The predicted molar refractivity (Wildman–Crippen MR) is 71.6 cm³/mol. The van der Waals surface area contributed by atoms with Gasteiger partial charge >= 0.3 is 0 Å². The lowest BCUT2D eigenvalue weighted by molar-refractivity contribution is 0.102. The molecule has 0 aromatic heterocycles. The Hall–Kier alpha value is -1.30. The smallest absolute Gasteiger partial charge is 0.161 e. The Morgan fingerprint density at radius 3 is 2.68 bits per heavy atom. The highest BCUT2D eigenvalue weighted by atomic mass is 16.6. The molecule has 0 radical (unpaired) electrons. The van der Waals surface area contributed by atoms with Crippen molar-refractivity contribution < 1.29 is 19.7 Å². The minimum absolute atomic E-state index is 0.0989. The van der Waals surface area contributed by atoms with Gasteiger partial charge in [-0.1, -0.05) is 13.0 Å². The maximum atomic E-state index is 10.2. The van der Waals surface area contributed by atoms with Gasteiger partial charge in [-0.2, -0.15) is 0 Å². The number of aliphatic hydroxyl groups is 2. The second-order valence-corrected chi connectivity index (χ2v) is 4.54. The van der Waals surface area contributed by atoms with E-state index in [1.807, 2.05) is 30.0 Å². The van der Waals surface area contributed by atoms with E-state index in [2.05, 4.69) is 0 Å². The van der Waals surface area contributed by atoms with Gasteiger partial charge in [-0.3, -0.25) is 4.90 Å². The van der Waals surface area contributed by atoms with Crippen molar-refractivity contribution in [1.82, 2.24) is 4.90 Å². The van der Waals surface area contributed by atoms with Crippen molar-refractivity contribution in [2.75, 3.05) is 39.5 Å². The highest BCUT2D eigenvalue weighted by Crippen LogP contribution is 2.32. The Labute approximate surface area is 113 Å². The van der Waals surface area contributed by atoms with Crippen LogP contribution in [0.2, 0.25) is 0 Å². The normalized spacial score (nSPS) is 15.6. The predicted octanol–water partition coefficient (Wildman–Crippen LogP) is 0.805. The number of rotatable bonds is 6. The Balaban J connectivity index is 2.04. The zero-order valence-electron chi connectivity index (χ0n) is 11.2. The number of likely N-dealkylation sites (N-methyl/N-ethyl adjacent to an activating group) is 1.